The minimum absolute atomic E-state index is 0.191. The maximum absolute atomic E-state index is 12.1. The monoisotopic (exact) mass is 352 g/mol. The number of nitrogens with zero attached hydrogens (tertiary/aromatic N) is 2. The van der Waals surface area contributed by atoms with Gasteiger partial charge in [0.1, 0.15) is 0 Å². The Bertz CT molecular complexity index is 589. The molecule has 1 fully saturated rings. The highest BCUT2D eigenvalue weighted by molar-refractivity contribution is 8.13. The van der Waals surface area contributed by atoms with Crippen LogP contribution in [0, 0.1) is 6.92 Å². The normalized spacial score (nSPS) is 17.1. The summed E-state index contributed by atoms with van der Waals surface area (Å²) in [6, 6.07) is 2.08. The number of piperidine rings is 1. The standard InChI is InChI=1S/C16H24N4OS2/c1-11-7-10-23-14(11)12(2)17-16(22-4)19-15(21)18-13-5-8-20(3)9-6-13/h7,10,13H,2,5-6,8-9H2,1,3-4H3,(H2,17,18,19,21). The Labute approximate surface area is 146 Å². The van der Waals surface area contributed by atoms with Crippen LogP contribution in [0.15, 0.2) is 23.0 Å². The van der Waals surface area contributed by atoms with E-state index in [-0.39, 0.29) is 12.1 Å². The number of rotatable bonds is 3. The van der Waals surface area contributed by atoms with Gasteiger partial charge in [-0.2, -0.15) is 0 Å². The highest BCUT2D eigenvalue weighted by atomic mass is 32.2. The van der Waals surface area contributed by atoms with E-state index in [9.17, 15) is 4.79 Å². The lowest BCUT2D eigenvalue weighted by Gasteiger charge is -2.29. The fourth-order valence-corrected chi connectivity index (χ4v) is 3.68. The summed E-state index contributed by atoms with van der Waals surface area (Å²) >= 11 is 3.01. The molecule has 0 saturated carbocycles. The van der Waals surface area contributed by atoms with Crippen LogP contribution in [-0.2, 0) is 0 Å². The van der Waals surface area contributed by atoms with Gasteiger partial charge in [0.25, 0.3) is 0 Å². The van der Waals surface area contributed by atoms with E-state index in [1.165, 1.54) is 11.8 Å². The van der Waals surface area contributed by atoms with E-state index in [0.29, 0.717) is 10.9 Å². The van der Waals surface area contributed by atoms with Gasteiger partial charge in [0.2, 0.25) is 0 Å². The number of aryl methyl sites for hydroxylation is 1. The predicted octanol–water partition coefficient (Wildman–Crippen LogP) is 3.14. The van der Waals surface area contributed by atoms with E-state index in [1.807, 2.05) is 24.6 Å². The molecule has 0 aromatic carbocycles. The molecule has 0 atom stereocenters. The summed E-state index contributed by atoms with van der Waals surface area (Å²) in [5.74, 6) is 0. The number of aliphatic imine (C=N–C) groups is 1. The van der Waals surface area contributed by atoms with Gasteiger partial charge in [-0.05, 0) is 63.2 Å². The predicted molar refractivity (Wildman–Crippen MR) is 101 cm³/mol. The van der Waals surface area contributed by atoms with Gasteiger partial charge in [-0.1, -0.05) is 18.3 Å². The van der Waals surface area contributed by atoms with Crippen LogP contribution in [0.2, 0.25) is 0 Å². The fourth-order valence-electron chi connectivity index (χ4n) is 2.44. The molecule has 0 aliphatic carbocycles. The molecule has 0 bridgehead atoms. The highest BCUT2D eigenvalue weighted by Crippen LogP contribution is 2.25. The third-order valence-electron chi connectivity index (χ3n) is 3.83. The first-order chi connectivity index (χ1) is 11.0. The summed E-state index contributed by atoms with van der Waals surface area (Å²) in [5.41, 5.74) is 1.83. The molecule has 2 N–H and O–H groups in total. The zero-order valence-corrected chi connectivity index (χ0v) is 15.5. The van der Waals surface area contributed by atoms with Crippen molar-refractivity contribution in [2.24, 2.45) is 4.99 Å². The SMILES string of the molecule is C=C(N=C(NC(=O)NC1CCN(C)CC1)SC)c1sccc1C. The van der Waals surface area contributed by atoms with E-state index in [0.717, 1.165) is 36.4 Å². The van der Waals surface area contributed by atoms with Crippen LogP contribution < -0.4 is 10.6 Å². The third kappa shape index (κ3) is 5.37. The molecule has 2 heterocycles. The molecular formula is C16H24N4OS2. The zero-order valence-electron chi connectivity index (χ0n) is 13.9. The summed E-state index contributed by atoms with van der Waals surface area (Å²) in [7, 11) is 2.10. The van der Waals surface area contributed by atoms with E-state index in [4.69, 9.17) is 0 Å². The van der Waals surface area contributed by atoms with Gasteiger partial charge in [0.15, 0.2) is 5.17 Å². The molecule has 1 aromatic rings. The second kappa shape index (κ2) is 8.52. The van der Waals surface area contributed by atoms with Gasteiger partial charge in [0, 0.05) is 6.04 Å². The number of amidine groups is 1. The Morgan fingerprint density at radius 3 is 2.74 bits per heavy atom. The third-order valence-corrected chi connectivity index (χ3v) is 5.47. The largest absolute Gasteiger partial charge is 0.335 e. The Kier molecular flexibility index (Phi) is 6.68. The van der Waals surface area contributed by atoms with Crippen LogP contribution in [0.3, 0.4) is 0 Å². The minimum atomic E-state index is -0.191. The van der Waals surface area contributed by atoms with Gasteiger partial charge in [0.05, 0.1) is 10.6 Å². The molecule has 1 saturated heterocycles. The first-order valence-corrected chi connectivity index (χ1v) is 9.72. The van der Waals surface area contributed by atoms with E-state index in [2.05, 4.69) is 34.2 Å². The number of thioether (sulfide) groups is 1. The lowest BCUT2D eigenvalue weighted by atomic mass is 10.1. The lowest BCUT2D eigenvalue weighted by Crippen LogP contribution is -2.48. The number of thiophene rings is 1. The van der Waals surface area contributed by atoms with Crippen molar-refractivity contribution >= 4 is 40.0 Å². The van der Waals surface area contributed by atoms with Crippen molar-refractivity contribution in [3.8, 4) is 0 Å². The maximum Gasteiger partial charge on any atom is 0.321 e. The Balaban J connectivity index is 1.91. The van der Waals surface area contributed by atoms with Crippen molar-refractivity contribution in [2.75, 3.05) is 26.4 Å². The van der Waals surface area contributed by atoms with Crippen LogP contribution in [-0.4, -0.2) is 48.5 Å². The molecule has 7 heteroatoms. The van der Waals surface area contributed by atoms with Crippen molar-refractivity contribution < 1.29 is 4.79 Å². The van der Waals surface area contributed by atoms with Crippen LogP contribution in [0.5, 0.6) is 0 Å². The number of amides is 2. The molecule has 0 radical (unpaired) electrons. The molecule has 1 aliphatic heterocycles. The highest BCUT2D eigenvalue weighted by Gasteiger charge is 2.19. The number of carbonyl (C=O) groups excluding carboxylic acids is 1. The minimum Gasteiger partial charge on any atom is -0.335 e. The summed E-state index contributed by atoms with van der Waals surface area (Å²) < 4.78 is 0. The van der Waals surface area contributed by atoms with Crippen molar-refractivity contribution in [3.63, 3.8) is 0 Å². The summed E-state index contributed by atoms with van der Waals surface area (Å²) in [4.78, 5) is 19.9. The number of hydrogen-bond acceptors (Lipinski definition) is 5. The molecule has 0 unspecified atom stereocenters. The zero-order chi connectivity index (χ0) is 16.8. The summed E-state index contributed by atoms with van der Waals surface area (Å²) in [6.07, 6.45) is 3.86. The average molecular weight is 353 g/mol. The van der Waals surface area contributed by atoms with Crippen LogP contribution in [0.1, 0.15) is 23.3 Å². The number of carbonyl (C=O) groups is 1. The Morgan fingerprint density at radius 1 is 1.48 bits per heavy atom. The van der Waals surface area contributed by atoms with E-state index < -0.39 is 0 Å². The van der Waals surface area contributed by atoms with Crippen molar-refractivity contribution in [1.29, 1.82) is 0 Å². The summed E-state index contributed by atoms with van der Waals surface area (Å²) in [6.45, 7) is 8.08. The van der Waals surface area contributed by atoms with Crippen molar-refractivity contribution in [3.05, 3.63) is 28.5 Å². The van der Waals surface area contributed by atoms with Crippen LogP contribution in [0.4, 0.5) is 4.79 Å². The molecule has 5 nitrogen and oxygen atoms in total. The number of urea groups is 1. The smallest absolute Gasteiger partial charge is 0.321 e. The number of likely N-dealkylation sites (tertiary alicyclic amines) is 1. The molecule has 1 aliphatic rings. The molecule has 0 spiro atoms. The lowest BCUT2D eigenvalue weighted by molar-refractivity contribution is 0.217. The molecule has 2 rings (SSSR count). The number of hydrogen-bond donors (Lipinski definition) is 2. The Morgan fingerprint density at radius 2 is 2.17 bits per heavy atom. The van der Waals surface area contributed by atoms with Gasteiger partial charge in [-0.15, -0.1) is 11.3 Å². The fraction of sp³-hybridized carbons (Fsp3) is 0.500. The van der Waals surface area contributed by atoms with Crippen molar-refractivity contribution in [1.82, 2.24) is 15.5 Å². The van der Waals surface area contributed by atoms with E-state index in [1.54, 1.807) is 11.3 Å². The molecular weight excluding hydrogens is 328 g/mol. The Hall–Kier alpha value is -1.31. The van der Waals surface area contributed by atoms with Gasteiger partial charge >= 0.3 is 6.03 Å². The summed E-state index contributed by atoms with van der Waals surface area (Å²) in [5, 5.41) is 8.44. The van der Waals surface area contributed by atoms with E-state index >= 15 is 0 Å². The van der Waals surface area contributed by atoms with Crippen LogP contribution >= 0.6 is 23.1 Å². The van der Waals surface area contributed by atoms with Gasteiger partial charge in [-0.3, -0.25) is 5.32 Å². The molecule has 1 aromatic heterocycles. The molecule has 23 heavy (non-hydrogen) atoms. The first-order valence-electron chi connectivity index (χ1n) is 7.61. The molecule has 2 amide bonds. The number of nitrogens with one attached hydrogen (secondary N) is 2. The van der Waals surface area contributed by atoms with Gasteiger partial charge < -0.3 is 10.2 Å². The average Bonchev–Trinajstić information content (AvgIpc) is 2.95. The molecule has 126 valence electrons. The second-order valence-electron chi connectivity index (χ2n) is 5.68. The maximum atomic E-state index is 12.1. The van der Waals surface area contributed by atoms with Crippen LogP contribution in [0.25, 0.3) is 5.70 Å². The van der Waals surface area contributed by atoms with Crippen molar-refractivity contribution in [2.45, 2.75) is 25.8 Å². The van der Waals surface area contributed by atoms with Gasteiger partial charge in [-0.25, -0.2) is 9.79 Å². The second-order valence-corrected chi connectivity index (χ2v) is 7.39. The topological polar surface area (TPSA) is 56.7 Å². The first kappa shape index (κ1) is 18.0. The quantitative estimate of drug-likeness (QED) is 0.649.